The van der Waals surface area contributed by atoms with E-state index in [1.54, 1.807) is 0 Å². The van der Waals surface area contributed by atoms with Crippen LogP contribution in [0.2, 0.25) is 0 Å². The van der Waals surface area contributed by atoms with E-state index in [0.717, 1.165) is 17.5 Å². The number of aryl methyl sites for hydroxylation is 2. The zero-order chi connectivity index (χ0) is 15.4. The van der Waals surface area contributed by atoms with Gasteiger partial charge in [0.15, 0.2) is 0 Å². The van der Waals surface area contributed by atoms with E-state index in [4.69, 9.17) is 5.73 Å². The van der Waals surface area contributed by atoms with Crippen molar-refractivity contribution in [2.45, 2.75) is 39.3 Å². The van der Waals surface area contributed by atoms with Crippen molar-refractivity contribution in [1.29, 1.82) is 0 Å². The molecule has 3 atom stereocenters. The SMILES string of the molecule is Cc1ccccc1CC(C)C(N)C(O)c1ccccc1C. The molecular formula is C19H25NO. The Morgan fingerprint density at radius 2 is 1.52 bits per heavy atom. The minimum Gasteiger partial charge on any atom is -0.387 e. The van der Waals surface area contributed by atoms with E-state index in [2.05, 4.69) is 32.0 Å². The summed E-state index contributed by atoms with van der Waals surface area (Å²) in [5.74, 6) is 0.209. The molecule has 2 rings (SSSR count). The van der Waals surface area contributed by atoms with Crippen molar-refractivity contribution in [3.8, 4) is 0 Å². The summed E-state index contributed by atoms with van der Waals surface area (Å²) in [4.78, 5) is 0. The summed E-state index contributed by atoms with van der Waals surface area (Å²) in [6.07, 6.45) is 0.266. The highest BCUT2D eigenvalue weighted by molar-refractivity contribution is 5.29. The van der Waals surface area contributed by atoms with Crippen LogP contribution in [0.4, 0.5) is 0 Å². The van der Waals surface area contributed by atoms with Crippen LogP contribution in [0.5, 0.6) is 0 Å². The molecule has 2 aromatic carbocycles. The molecule has 0 aliphatic rings. The molecule has 0 aliphatic heterocycles. The number of nitrogens with two attached hydrogens (primary N) is 1. The molecule has 0 aliphatic carbocycles. The van der Waals surface area contributed by atoms with Crippen LogP contribution in [0.1, 0.15) is 35.3 Å². The van der Waals surface area contributed by atoms with Gasteiger partial charge < -0.3 is 10.8 Å². The second kappa shape index (κ2) is 6.88. The number of hydrogen-bond donors (Lipinski definition) is 2. The van der Waals surface area contributed by atoms with Gasteiger partial charge in [0, 0.05) is 6.04 Å². The van der Waals surface area contributed by atoms with Crippen molar-refractivity contribution in [1.82, 2.24) is 0 Å². The molecule has 0 fully saturated rings. The van der Waals surface area contributed by atoms with Gasteiger partial charge in [0.1, 0.15) is 0 Å². The van der Waals surface area contributed by atoms with Crippen LogP contribution in [-0.2, 0) is 6.42 Å². The zero-order valence-electron chi connectivity index (χ0n) is 13.1. The molecule has 21 heavy (non-hydrogen) atoms. The molecule has 0 amide bonds. The molecule has 0 aromatic heterocycles. The summed E-state index contributed by atoms with van der Waals surface area (Å²) >= 11 is 0. The van der Waals surface area contributed by atoms with Crippen molar-refractivity contribution in [2.75, 3.05) is 0 Å². The van der Waals surface area contributed by atoms with Crippen LogP contribution >= 0.6 is 0 Å². The summed E-state index contributed by atoms with van der Waals surface area (Å²) in [6, 6.07) is 16.0. The Morgan fingerprint density at radius 1 is 0.952 bits per heavy atom. The van der Waals surface area contributed by atoms with Gasteiger partial charge in [0.05, 0.1) is 6.10 Å². The second-order valence-electron chi connectivity index (χ2n) is 5.99. The van der Waals surface area contributed by atoms with E-state index in [1.807, 2.05) is 37.3 Å². The maximum Gasteiger partial charge on any atom is 0.0946 e. The van der Waals surface area contributed by atoms with Crippen LogP contribution in [-0.4, -0.2) is 11.1 Å². The van der Waals surface area contributed by atoms with Gasteiger partial charge in [-0.15, -0.1) is 0 Å². The van der Waals surface area contributed by atoms with Crippen LogP contribution in [0, 0.1) is 19.8 Å². The fraction of sp³-hybridized carbons (Fsp3) is 0.368. The maximum absolute atomic E-state index is 10.6. The molecular weight excluding hydrogens is 258 g/mol. The van der Waals surface area contributed by atoms with E-state index >= 15 is 0 Å². The monoisotopic (exact) mass is 283 g/mol. The molecule has 0 bridgehead atoms. The number of aliphatic hydroxyl groups is 1. The zero-order valence-corrected chi connectivity index (χ0v) is 13.1. The molecule has 0 heterocycles. The van der Waals surface area contributed by atoms with E-state index in [-0.39, 0.29) is 12.0 Å². The number of benzene rings is 2. The van der Waals surface area contributed by atoms with Crippen LogP contribution in [0.25, 0.3) is 0 Å². The summed E-state index contributed by atoms with van der Waals surface area (Å²) in [5, 5.41) is 10.6. The normalized spacial score (nSPS) is 15.5. The smallest absolute Gasteiger partial charge is 0.0946 e. The molecule has 0 spiro atoms. The van der Waals surface area contributed by atoms with Crippen molar-refractivity contribution >= 4 is 0 Å². The third kappa shape index (κ3) is 3.72. The molecule has 2 nitrogen and oxygen atoms in total. The van der Waals surface area contributed by atoms with Crippen LogP contribution in [0.15, 0.2) is 48.5 Å². The molecule has 112 valence electrons. The molecule has 2 aromatic rings. The molecule has 3 N–H and O–H groups in total. The Hall–Kier alpha value is -1.64. The maximum atomic E-state index is 10.6. The largest absolute Gasteiger partial charge is 0.387 e. The first-order chi connectivity index (χ1) is 10.0. The topological polar surface area (TPSA) is 46.2 Å². The molecule has 0 saturated heterocycles. The van der Waals surface area contributed by atoms with Crippen molar-refractivity contribution in [3.63, 3.8) is 0 Å². The molecule has 0 saturated carbocycles. The Balaban J connectivity index is 2.10. The van der Waals surface area contributed by atoms with E-state index in [9.17, 15) is 5.11 Å². The first kappa shape index (κ1) is 15.7. The van der Waals surface area contributed by atoms with E-state index in [1.165, 1.54) is 11.1 Å². The number of hydrogen-bond acceptors (Lipinski definition) is 2. The van der Waals surface area contributed by atoms with E-state index < -0.39 is 6.10 Å². The van der Waals surface area contributed by atoms with Gasteiger partial charge in [-0.05, 0) is 48.4 Å². The van der Waals surface area contributed by atoms with E-state index in [0.29, 0.717) is 0 Å². The second-order valence-corrected chi connectivity index (χ2v) is 5.99. The van der Waals surface area contributed by atoms with Gasteiger partial charge >= 0.3 is 0 Å². The van der Waals surface area contributed by atoms with Gasteiger partial charge in [0.2, 0.25) is 0 Å². The predicted octanol–water partition coefficient (Wildman–Crippen LogP) is 3.54. The highest BCUT2D eigenvalue weighted by atomic mass is 16.3. The van der Waals surface area contributed by atoms with Gasteiger partial charge in [-0.1, -0.05) is 55.5 Å². The molecule has 3 unspecified atom stereocenters. The fourth-order valence-corrected chi connectivity index (χ4v) is 2.76. The minimum atomic E-state index is -0.620. The van der Waals surface area contributed by atoms with Crippen molar-refractivity contribution in [2.24, 2.45) is 11.7 Å². The molecule has 0 radical (unpaired) electrons. The lowest BCUT2D eigenvalue weighted by Crippen LogP contribution is -2.36. The van der Waals surface area contributed by atoms with Crippen molar-refractivity contribution < 1.29 is 5.11 Å². The van der Waals surface area contributed by atoms with Crippen LogP contribution in [0.3, 0.4) is 0 Å². The van der Waals surface area contributed by atoms with Crippen LogP contribution < -0.4 is 5.73 Å². The molecule has 2 heteroatoms. The third-order valence-corrected chi connectivity index (χ3v) is 4.33. The average molecular weight is 283 g/mol. The summed E-state index contributed by atoms with van der Waals surface area (Å²) in [7, 11) is 0. The van der Waals surface area contributed by atoms with Gasteiger partial charge in [-0.3, -0.25) is 0 Å². The number of rotatable bonds is 5. The Kier molecular flexibility index (Phi) is 5.16. The van der Waals surface area contributed by atoms with Crippen molar-refractivity contribution in [3.05, 3.63) is 70.8 Å². The highest BCUT2D eigenvalue weighted by Gasteiger charge is 2.24. The Labute approximate surface area is 127 Å². The first-order valence-electron chi connectivity index (χ1n) is 7.54. The third-order valence-electron chi connectivity index (χ3n) is 4.33. The average Bonchev–Trinajstić information content (AvgIpc) is 2.48. The highest BCUT2D eigenvalue weighted by Crippen LogP contribution is 2.25. The first-order valence-corrected chi connectivity index (χ1v) is 7.54. The summed E-state index contributed by atoms with van der Waals surface area (Å²) in [6.45, 7) is 6.24. The van der Waals surface area contributed by atoms with Gasteiger partial charge in [-0.25, -0.2) is 0 Å². The minimum absolute atomic E-state index is 0.209. The fourth-order valence-electron chi connectivity index (χ4n) is 2.76. The van der Waals surface area contributed by atoms with Gasteiger partial charge in [0.25, 0.3) is 0 Å². The Bertz CT molecular complexity index is 594. The standard InChI is InChI=1S/C19H25NO/c1-13-8-4-6-10-16(13)12-15(3)18(20)19(21)17-11-7-5-9-14(17)2/h4-11,15,18-19,21H,12,20H2,1-3H3. The quantitative estimate of drug-likeness (QED) is 0.881. The summed E-state index contributed by atoms with van der Waals surface area (Å²) in [5.41, 5.74) is 10.9. The lowest BCUT2D eigenvalue weighted by atomic mass is 9.86. The summed E-state index contributed by atoms with van der Waals surface area (Å²) < 4.78 is 0. The lowest BCUT2D eigenvalue weighted by Gasteiger charge is -2.27. The predicted molar refractivity (Wildman–Crippen MR) is 88.2 cm³/mol. The lowest BCUT2D eigenvalue weighted by molar-refractivity contribution is 0.121. The number of aliphatic hydroxyl groups excluding tert-OH is 1. The van der Waals surface area contributed by atoms with Gasteiger partial charge in [-0.2, -0.15) is 0 Å². The Morgan fingerprint density at radius 3 is 2.14 bits per heavy atom.